The minimum atomic E-state index is 0.125. The van der Waals surface area contributed by atoms with Crippen molar-refractivity contribution < 1.29 is 14.0 Å². The predicted molar refractivity (Wildman–Crippen MR) is 40.2 cm³/mol. The Morgan fingerprint density at radius 2 is 2.33 bits per heavy atom. The first-order valence-corrected chi connectivity index (χ1v) is 3.47. The number of hydrogen-bond donors (Lipinski definition) is 1. The summed E-state index contributed by atoms with van der Waals surface area (Å²) in [6.45, 7) is 1.32. The third-order valence-electron chi connectivity index (χ3n) is 1.14. The van der Waals surface area contributed by atoms with E-state index in [1.165, 1.54) is 0 Å². The van der Waals surface area contributed by atoms with Crippen LogP contribution < -0.4 is 5.73 Å². The van der Waals surface area contributed by atoms with E-state index in [0.717, 1.165) is 0 Å². The van der Waals surface area contributed by atoms with Gasteiger partial charge >= 0.3 is 0 Å². The molecule has 0 fully saturated rings. The zero-order valence-electron chi connectivity index (χ0n) is 6.82. The molecule has 2 N–H and O–H groups in total. The van der Waals surface area contributed by atoms with E-state index in [4.69, 9.17) is 19.7 Å². The topological polar surface area (TPSA) is 83.4 Å². The highest BCUT2D eigenvalue weighted by atomic mass is 16.5. The Morgan fingerprint density at radius 3 is 2.92 bits per heavy atom. The summed E-state index contributed by atoms with van der Waals surface area (Å²) in [5.41, 5.74) is 5.21. The Kier molecular flexibility index (Phi) is 3.49. The smallest absolute Gasteiger partial charge is 0.260 e. The Labute approximate surface area is 69.6 Å². The van der Waals surface area contributed by atoms with Gasteiger partial charge in [-0.3, -0.25) is 0 Å². The molecule has 0 amide bonds. The molecule has 0 atom stereocenters. The van der Waals surface area contributed by atoms with Crippen LogP contribution in [-0.4, -0.2) is 30.5 Å². The lowest BCUT2D eigenvalue weighted by Crippen LogP contribution is -2.01. The summed E-state index contributed by atoms with van der Waals surface area (Å²) in [7, 11) is 1.61. The number of nitrogens with two attached hydrogens (primary N) is 1. The zero-order chi connectivity index (χ0) is 8.81. The summed E-state index contributed by atoms with van der Waals surface area (Å²) in [6, 6.07) is 0. The van der Waals surface area contributed by atoms with Crippen molar-refractivity contribution in [3.8, 4) is 0 Å². The van der Waals surface area contributed by atoms with Gasteiger partial charge in [-0.05, 0) is 5.16 Å². The molecule has 6 heteroatoms. The van der Waals surface area contributed by atoms with Crippen molar-refractivity contribution in [1.29, 1.82) is 0 Å². The number of anilines is 1. The van der Waals surface area contributed by atoms with E-state index >= 15 is 0 Å². The highest BCUT2D eigenvalue weighted by Gasteiger charge is 2.01. The molecule has 0 radical (unpaired) electrons. The van der Waals surface area contributed by atoms with Crippen LogP contribution in [0.5, 0.6) is 0 Å². The normalized spacial score (nSPS) is 10.4. The molecular formula is C6H11N3O3. The quantitative estimate of drug-likeness (QED) is 0.621. The second-order valence-electron chi connectivity index (χ2n) is 2.09. The van der Waals surface area contributed by atoms with Crippen molar-refractivity contribution in [3.63, 3.8) is 0 Å². The molecule has 1 rings (SSSR count). The van der Waals surface area contributed by atoms with Gasteiger partial charge in [0, 0.05) is 7.11 Å². The molecule has 0 unspecified atom stereocenters. The van der Waals surface area contributed by atoms with Crippen molar-refractivity contribution in [2.24, 2.45) is 0 Å². The third-order valence-corrected chi connectivity index (χ3v) is 1.14. The maximum absolute atomic E-state index is 5.21. The van der Waals surface area contributed by atoms with Crippen LogP contribution in [-0.2, 0) is 16.1 Å². The van der Waals surface area contributed by atoms with Crippen molar-refractivity contribution >= 4 is 5.95 Å². The van der Waals surface area contributed by atoms with Crippen LogP contribution in [0.3, 0.4) is 0 Å². The van der Waals surface area contributed by atoms with Crippen LogP contribution in [0.15, 0.2) is 4.52 Å². The zero-order valence-corrected chi connectivity index (χ0v) is 6.82. The van der Waals surface area contributed by atoms with Crippen LogP contribution in [0, 0.1) is 0 Å². The Balaban J connectivity index is 2.15. The van der Waals surface area contributed by atoms with Gasteiger partial charge < -0.3 is 19.7 Å². The van der Waals surface area contributed by atoms with Crippen LogP contribution in [0.4, 0.5) is 5.95 Å². The number of nitrogens with zero attached hydrogens (tertiary/aromatic N) is 2. The van der Waals surface area contributed by atoms with E-state index in [0.29, 0.717) is 19.1 Å². The van der Waals surface area contributed by atoms with Gasteiger partial charge in [-0.15, -0.1) is 0 Å². The maximum Gasteiger partial charge on any atom is 0.260 e. The fourth-order valence-corrected chi connectivity index (χ4v) is 0.628. The number of methoxy groups -OCH3 is 1. The van der Waals surface area contributed by atoms with Crippen LogP contribution in [0.2, 0.25) is 0 Å². The summed E-state index contributed by atoms with van der Waals surface area (Å²) in [5, 5.41) is 3.40. The second kappa shape index (κ2) is 4.68. The van der Waals surface area contributed by atoms with Gasteiger partial charge in [-0.1, -0.05) is 0 Å². The Hall–Kier alpha value is -1.14. The minimum Gasteiger partial charge on any atom is -0.382 e. The molecule has 12 heavy (non-hydrogen) atoms. The Bertz CT molecular complexity index is 226. The first-order chi connectivity index (χ1) is 5.83. The van der Waals surface area contributed by atoms with Gasteiger partial charge in [0.25, 0.3) is 11.8 Å². The maximum atomic E-state index is 5.21. The molecule has 0 bridgehead atoms. The highest BCUT2D eigenvalue weighted by Crippen LogP contribution is 1.98. The van der Waals surface area contributed by atoms with E-state index in [-0.39, 0.29) is 12.6 Å². The minimum absolute atomic E-state index is 0.125. The van der Waals surface area contributed by atoms with Gasteiger partial charge in [0.05, 0.1) is 13.2 Å². The van der Waals surface area contributed by atoms with E-state index in [2.05, 4.69) is 10.1 Å². The molecule has 0 aliphatic heterocycles. The third kappa shape index (κ3) is 2.85. The van der Waals surface area contributed by atoms with Gasteiger partial charge in [0.15, 0.2) is 0 Å². The summed E-state index contributed by atoms with van der Waals surface area (Å²) >= 11 is 0. The van der Waals surface area contributed by atoms with Crippen LogP contribution in [0.25, 0.3) is 0 Å². The largest absolute Gasteiger partial charge is 0.382 e. The molecule has 0 aromatic carbocycles. The molecule has 0 spiro atoms. The molecule has 68 valence electrons. The van der Waals surface area contributed by atoms with Crippen molar-refractivity contribution in [3.05, 3.63) is 5.89 Å². The number of nitrogen functional groups attached to an aromatic ring is 1. The van der Waals surface area contributed by atoms with E-state index in [1.54, 1.807) is 7.11 Å². The Morgan fingerprint density at radius 1 is 1.50 bits per heavy atom. The average Bonchev–Trinajstić information content (AvgIpc) is 2.45. The van der Waals surface area contributed by atoms with Crippen LogP contribution in [0.1, 0.15) is 5.89 Å². The number of aromatic nitrogens is 2. The molecular weight excluding hydrogens is 162 g/mol. The highest BCUT2D eigenvalue weighted by molar-refractivity contribution is 5.09. The first kappa shape index (κ1) is 8.95. The number of hydrogen-bond acceptors (Lipinski definition) is 6. The fourth-order valence-electron chi connectivity index (χ4n) is 0.628. The second-order valence-corrected chi connectivity index (χ2v) is 2.09. The molecule has 1 aromatic rings. The van der Waals surface area contributed by atoms with Gasteiger partial charge in [0.1, 0.15) is 6.61 Å². The van der Waals surface area contributed by atoms with E-state index in [1.807, 2.05) is 0 Å². The predicted octanol–water partition coefficient (Wildman–Crippen LogP) is -0.185. The van der Waals surface area contributed by atoms with Crippen molar-refractivity contribution in [2.75, 3.05) is 26.1 Å². The summed E-state index contributed by atoms with van der Waals surface area (Å²) in [6.07, 6.45) is 0. The monoisotopic (exact) mass is 173 g/mol. The molecule has 6 nitrogen and oxygen atoms in total. The first-order valence-electron chi connectivity index (χ1n) is 3.47. The summed E-state index contributed by atoms with van der Waals surface area (Å²) < 4.78 is 14.6. The molecule has 0 aliphatic carbocycles. The SMILES string of the molecule is COCCOCc1nc(N)no1. The molecule has 1 aromatic heterocycles. The average molecular weight is 173 g/mol. The lowest BCUT2D eigenvalue weighted by molar-refractivity contribution is 0.0494. The summed E-state index contributed by atoms with van der Waals surface area (Å²) in [4.78, 5) is 3.74. The van der Waals surface area contributed by atoms with Gasteiger partial charge in [-0.25, -0.2) is 0 Å². The molecule has 0 saturated heterocycles. The summed E-state index contributed by atoms with van der Waals surface area (Å²) in [5.74, 6) is 0.504. The van der Waals surface area contributed by atoms with E-state index in [9.17, 15) is 0 Å². The van der Waals surface area contributed by atoms with Crippen molar-refractivity contribution in [1.82, 2.24) is 10.1 Å². The van der Waals surface area contributed by atoms with Gasteiger partial charge in [-0.2, -0.15) is 4.98 Å². The molecule has 0 aliphatic rings. The van der Waals surface area contributed by atoms with E-state index < -0.39 is 0 Å². The van der Waals surface area contributed by atoms with Gasteiger partial charge in [0.2, 0.25) is 0 Å². The van der Waals surface area contributed by atoms with Crippen molar-refractivity contribution in [2.45, 2.75) is 6.61 Å². The number of rotatable bonds is 5. The molecule has 0 saturated carbocycles. The lowest BCUT2D eigenvalue weighted by atomic mass is 10.7. The lowest BCUT2D eigenvalue weighted by Gasteiger charge is -1.97. The van der Waals surface area contributed by atoms with Crippen LogP contribution >= 0.6 is 0 Å². The number of ether oxygens (including phenoxy) is 2. The standard InChI is InChI=1S/C6H11N3O3/c1-10-2-3-11-4-5-8-6(7)9-12-5/h2-4H2,1H3,(H2,7,9). The molecule has 1 heterocycles. The fraction of sp³-hybridized carbons (Fsp3) is 0.667.